The molecule has 1 heterocycles. The molecule has 0 bridgehead atoms. The van der Waals surface area contributed by atoms with Gasteiger partial charge in [-0.15, -0.1) is 0 Å². The van der Waals surface area contributed by atoms with Crippen LogP contribution in [0.3, 0.4) is 0 Å². The summed E-state index contributed by atoms with van der Waals surface area (Å²) in [5.74, 6) is -2.84. The summed E-state index contributed by atoms with van der Waals surface area (Å²) in [6.45, 7) is 2.62. The van der Waals surface area contributed by atoms with Crippen molar-refractivity contribution in [2.75, 3.05) is 0 Å². The van der Waals surface area contributed by atoms with Crippen LogP contribution in [0, 0.1) is 0 Å². The molecule has 7 heteroatoms. The Balaban J connectivity index is 2.10. The summed E-state index contributed by atoms with van der Waals surface area (Å²) in [7, 11) is 0. The molecule has 0 radical (unpaired) electrons. The molecule has 0 saturated heterocycles. The quantitative estimate of drug-likeness (QED) is 0.216. The van der Waals surface area contributed by atoms with Gasteiger partial charge in [0.05, 0.1) is 6.54 Å². The molecule has 0 saturated carbocycles. The van der Waals surface area contributed by atoms with Gasteiger partial charge in [-0.1, -0.05) is 91.0 Å². The fourth-order valence-corrected chi connectivity index (χ4v) is 4.53. The van der Waals surface area contributed by atoms with Gasteiger partial charge < -0.3 is 9.47 Å². The minimum Gasteiger partial charge on any atom is -0.407 e. The van der Waals surface area contributed by atoms with Crippen molar-refractivity contribution in [3.05, 3.63) is 132 Å². The van der Waals surface area contributed by atoms with Gasteiger partial charge in [-0.25, -0.2) is 15.3 Å². The average molecular weight is 482 g/mol. The Morgan fingerprint density at radius 1 is 0.667 bits per heavy atom. The third kappa shape index (κ3) is 4.87. The number of benzene rings is 3. The lowest BCUT2D eigenvalue weighted by Gasteiger charge is -2.49. The van der Waals surface area contributed by atoms with Crippen LogP contribution in [0.4, 0.5) is 0 Å². The lowest BCUT2D eigenvalue weighted by Crippen LogP contribution is -2.66. The van der Waals surface area contributed by atoms with Crippen LogP contribution in [0.5, 0.6) is 0 Å². The van der Waals surface area contributed by atoms with Gasteiger partial charge in [0.15, 0.2) is 0 Å². The van der Waals surface area contributed by atoms with Crippen molar-refractivity contribution in [1.82, 2.24) is 15.3 Å². The lowest BCUT2D eigenvalue weighted by molar-refractivity contribution is -0.257. The number of hydrogen-bond donors (Lipinski definition) is 1. The van der Waals surface area contributed by atoms with Gasteiger partial charge in [-0.2, -0.15) is 0 Å². The molecule has 4 aromatic rings. The zero-order valence-corrected chi connectivity index (χ0v) is 20.1. The maximum atomic E-state index is 12.7. The number of nitrogens with one attached hydrogen (secondary N) is 1. The predicted octanol–water partition coefficient (Wildman–Crippen LogP) is 4.38. The van der Waals surface area contributed by atoms with Gasteiger partial charge >= 0.3 is 17.8 Å². The Kier molecular flexibility index (Phi) is 7.51. The van der Waals surface area contributed by atoms with E-state index in [1.807, 2.05) is 91.0 Å². The molecule has 0 amide bonds. The van der Waals surface area contributed by atoms with Crippen molar-refractivity contribution in [2.24, 2.45) is 0 Å². The minimum absolute atomic E-state index is 0.0512. The number of esters is 2. The summed E-state index contributed by atoms with van der Waals surface area (Å²) in [5, 5.41) is 3.24. The van der Waals surface area contributed by atoms with Gasteiger partial charge in [0.1, 0.15) is 11.2 Å². The molecule has 3 aromatic carbocycles. The summed E-state index contributed by atoms with van der Waals surface area (Å²) < 4.78 is 12.1. The average Bonchev–Trinajstić information content (AvgIpc) is 2.90. The summed E-state index contributed by atoms with van der Waals surface area (Å²) >= 11 is 0. The van der Waals surface area contributed by atoms with Crippen LogP contribution in [-0.2, 0) is 31.0 Å². The molecule has 0 spiro atoms. The fraction of sp³-hybridized carbons (Fsp3) is 0.172. The van der Waals surface area contributed by atoms with Crippen molar-refractivity contribution in [3.63, 3.8) is 0 Å². The second kappa shape index (κ2) is 10.9. The Bertz CT molecular complexity index is 1170. The highest BCUT2D eigenvalue weighted by Crippen LogP contribution is 2.49. The van der Waals surface area contributed by atoms with E-state index in [4.69, 9.17) is 9.47 Å². The van der Waals surface area contributed by atoms with E-state index < -0.39 is 23.3 Å². The van der Waals surface area contributed by atoms with E-state index in [0.29, 0.717) is 5.82 Å². The number of carbonyl (C=O) groups is 2. The van der Waals surface area contributed by atoms with E-state index in [-0.39, 0.29) is 6.54 Å². The third-order valence-corrected chi connectivity index (χ3v) is 5.79. The number of carbonyl (C=O) groups excluding carboxylic acids is 2. The molecule has 0 aliphatic rings. The lowest BCUT2D eigenvalue weighted by atomic mass is 9.66. The zero-order chi connectivity index (χ0) is 25.4. The molecule has 7 nitrogen and oxygen atoms in total. The van der Waals surface area contributed by atoms with E-state index in [2.05, 4.69) is 15.3 Å². The first-order valence-electron chi connectivity index (χ1n) is 11.5. The molecule has 0 aliphatic carbocycles. The number of aromatic nitrogens is 2. The number of hydrogen-bond acceptors (Lipinski definition) is 7. The first-order valence-corrected chi connectivity index (χ1v) is 11.5. The molecule has 0 unspecified atom stereocenters. The van der Waals surface area contributed by atoms with Crippen LogP contribution in [0.1, 0.15) is 36.4 Å². The molecule has 1 aromatic heterocycles. The normalized spacial score (nSPS) is 11.5. The summed E-state index contributed by atoms with van der Waals surface area (Å²) in [5.41, 5.74) is 0.909. The molecular weight excluding hydrogens is 454 g/mol. The number of ether oxygens (including phenoxy) is 2. The van der Waals surface area contributed by atoms with Crippen LogP contribution >= 0.6 is 0 Å². The van der Waals surface area contributed by atoms with Gasteiger partial charge in [-0.05, 0) is 22.8 Å². The Hall–Kier alpha value is -4.36. The maximum Gasteiger partial charge on any atom is 0.336 e. The Labute approximate surface area is 210 Å². The smallest absolute Gasteiger partial charge is 0.336 e. The first-order chi connectivity index (χ1) is 17.5. The molecule has 36 heavy (non-hydrogen) atoms. The largest absolute Gasteiger partial charge is 0.407 e. The highest BCUT2D eigenvalue weighted by molar-refractivity contribution is 5.71. The van der Waals surface area contributed by atoms with Crippen molar-refractivity contribution in [3.8, 4) is 0 Å². The van der Waals surface area contributed by atoms with E-state index in [0.717, 1.165) is 16.7 Å². The van der Waals surface area contributed by atoms with Crippen molar-refractivity contribution in [1.29, 1.82) is 0 Å². The van der Waals surface area contributed by atoms with Crippen LogP contribution in [0.15, 0.2) is 109 Å². The van der Waals surface area contributed by atoms with Gasteiger partial charge in [-0.3, -0.25) is 9.59 Å². The van der Waals surface area contributed by atoms with E-state index in [9.17, 15) is 9.59 Å². The van der Waals surface area contributed by atoms with Crippen LogP contribution in [0.2, 0.25) is 0 Å². The fourth-order valence-electron chi connectivity index (χ4n) is 4.53. The number of rotatable bonds is 9. The molecule has 0 atom stereocenters. The molecule has 182 valence electrons. The zero-order valence-electron chi connectivity index (χ0n) is 20.1. The van der Waals surface area contributed by atoms with E-state index in [1.165, 1.54) is 13.8 Å². The molecular formula is C29H27N3O4. The van der Waals surface area contributed by atoms with Gasteiger partial charge in [0, 0.05) is 26.2 Å². The monoisotopic (exact) mass is 481 g/mol. The molecule has 0 aliphatic heterocycles. The van der Waals surface area contributed by atoms with Crippen LogP contribution in [-0.4, -0.2) is 27.8 Å². The second-order valence-electron chi connectivity index (χ2n) is 8.17. The highest BCUT2D eigenvalue weighted by Gasteiger charge is 2.61. The molecule has 0 fully saturated rings. The van der Waals surface area contributed by atoms with Gasteiger partial charge in [0.2, 0.25) is 0 Å². The summed E-state index contributed by atoms with van der Waals surface area (Å²) in [6.07, 6.45) is 3.23. The number of nitrogens with zero attached hydrogens (tertiary/aromatic N) is 2. The van der Waals surface area contributed by atoms with E-state index in [1.54, 1.807) is 18.5 Å². The molecule has 4 rings (SSSR count). The predicted molar refractivity (Wildman–Crippen MR) is 134 cm³/mol. The summed E-state index contributed by atoms with van der Waals surface area (Å²) in [4.78, 5) is 34.0. The molecule has 1 N–H and O–H groups in total. The summed E-state index contributed by atoms with van der Waals surface area (Å²) in [6, 6.07) is 30.3. The SMILES string of the molecule is CC(=O)OC(NCc1ncccn1)(OC(C)=O)C(c1ccccc1)(c1ccccc1)c1ccccc1. The topological polar surface area (TPSA) is 90.4 Å². The second-order valence-corrected chi connectivity index (χ2v) is 8.17. The van der Waals surface area contributed by atoms with Crippen LogP contribution in [0.25, 0.3) is 0 Å². The first kappa shape index (κ1) is 24.8. The maximum absolute atomic E-state index is 12.7. The highest BCUT2D eigenvalue weighted by atomic mass is 16.8. The van der Waals surface area contributed by atoms with E-state index >= 15 is 0 Å². The van der Waals surface area contributed by atoms with Crippen LogP contribution < -0.4 is 5.32 Å². The van der Waals surface area contributed by atoms with Crippen molar-refractivity contribution < 1.29 is 19.1 Å². The van der Waals surface area contributed by atoms with Gasteiger partial charge in [0.25, 0.3) is 0 Å². The Morgan fingerprint density at radius 2 is 1.06 bits per heavy atom. The standard InChI is InChI=1S/C29H27N3O4/c1-22(33)35-29(36-23(2)34,32-21-27-30-19-12-20-31-27)28(24-13-6-3-7-14-24,25-15-8-4-9-16-25)26-17-10-5-11-18-26/h3-20,32H,21H2,1-2H3. The minimum atomic E-state index is -2.01. The third-order valence-electron chi connectivity index (χ3n) is 5.79. The Morgan fingerprint density at radius 3 is 1.42 bits per heavy atom. The van der Waals surface area contributed by atoms with Crippen molar-refractivity contribution >= 4 is 11.9 Å². The van der Waals surface area contributed by atoms with Crippen molar-refractivity contribution in [2.45, 2.75) is 31.7 Å².